The average molecular weight is 263 g/mol. The summed E-state index contributed by atoms with van der Waals surface area (Å²) in [5.74, 6) is -1.07. The summed E-state index contributed by atoms with van der Waals surface area (Å²) in [4.78, 5) is 0. The number of hydrogen-bond acceptors (Lipinski definition) is 1. The van der Waals surface area contributed by atoms with Crippen LogP contribution >= 0.6 is 0 Å². The van der Waals surface area contributed by atoms with Crippen LogP contribution in [-0.2, 0) is 13.0 Å². The van der Waals surface area contributed by atoms with Crippen LogP contribution in [0.15, 0.2) is 30.6 Å². The van der Waals surface area contributed by atoms with Gasteiger partial charge in [0.15, 0.2) is 0 Å². The lowest BCUT2D eigenvalue weighted by molar-refractivity contribution is 0.157. The predicted molar refractivity (Wildman–Crippen MR) is 67.8 cm³/mol. The third-order valence-corrected chi connectivity index (χ3v) is 3.68. The smallest absolute Gasteiger partial charge is 0.131 e. The highest BCUT2D eigenvalue weighted by Gasteiger charge is 2.20. The molecule has 0 aliphatic heterocycles. The van der Waals surface area contributed by atoms with Gasteiger partial charge in [-0.15, -0.1) is 0 Å². The van der Waals surface area contributed by atoms with Crippen LogP contribution in [0.5, 0.6) is 0 Å². The first-order chi connectivity index (χ1) is 9.15. The molecule has 2 nitrogen and oxygen atoms in total. The quantitative estimate of drug-likeness (QED) is 0.884. The molecule has 0 saturated heterocycles. The molecule has 4 heteroatoms. The van der Waals surface area contributed by atoms with Crippen molar-refractivity contribution in [2.45, 2.75) is 31.9 Å². The average Bonchev–Trinajstić information content (AvgIpc) is 2.78. The second kappa shape index (κ2) is 4.78. The molecule has 1 aliphatic rings. The van der Waals surface area contributed by atoms with E-state index in [4.69, 9.17) is 0 Å². The normalized spacial score (nSPS) is 18.4. The van der Waals surface area contributed by atoms with E-state index in [1.807, 2.05) is 6.20 Å². The molecule has 1 heterocycles. The van der Waals surface area contributed by atoms with Crippen LogP contribution in [0.4, 0.5) is 8.78 Å². The van der Waals surface area contributed by atoms with E-state index < -0.39 is 17.7 Å². The summed E-state index contributed by atoms with van der Waals surface area (Å²) >= 11 is 0. The van der Waals surface area contributed by atoms with Gasteiger partial charge in [0.1, 0.15) is 11.6 Å². The van der Waals surface area contributed by atoms with Crippen LogP contribution in [-0.4, -0.2) is 9.67 Å². The lowest BCUT2D eigenvalue weighted by Gasteiger charge is -2.16. The Kier molecular flexibility index (Phi) is 3.11. The van der Waals surface area contributed by atoms with E-state index in [1.165, 1.54) is 18.2 Å². The molecule has 0 spiro atoms. The number of aliphatic hydroxyl groups is 1. The van der Waals surface area contributed by atoms with Gasteiger partial charge in [-0.05, 0) is 37.0 Å². The zero-order valence-electron chi connectivity index (χ0n) is 10.4. The maximum Gasteiger partial charge on any atom is 0.131 e. The summed E-state index contributed by atoms with van der Waals surface area (Å²) in [6.07, 6.45) is 5.85. The standard InChI is InChI=1S/C15H15F2NO/c16-13-4-2-5-14(17)12(13)9-18-7-10-3-1-6-15(19)11(10)8-18/h2,4-5,7-8,15,19H,1,3,6,9H2. The summed E-state index contributed by atoms with van der Waals surface area (Å²) in [5.41, 5.74) is 2.03. The Balaban J connectivity index is 1.92. The molecule has 1 N–H and O–H groups in total. The van der Waals surface area contributed by atoms with Crippen molar-refractivity contribution in [2.75, 3.05) is 0 Å². The zero-order chi connectivity index (χ0) is 13.4. The van der Waals surface area contributed by atoms with Gasteiger partial charge in [0, 0.05) is 23.5 Å². The largest absolute Gasteiger partial charge is 0.388 e. The number of halogens is 2. The van der Waals surface area contributed by atoms with Crippen molar-refractivity contribution in [1.82, 2.24) is 4.57 Å². The Morgan fingerprint density at radius 1 is 1.21 bits per heavy atom. The van der Waals surface area contributed by atoms with Crippen molar-refractivity contribution in [3.63, 3.8) is 0 Å². The van der Waals surface area contributed by atoms with Crippen LogP contribution in [0.1, 0.15) is 35.6 Å². The number of aliphatic hydroxyl groups excluding tert-OH is 1. The molecule has 1 unspecified atom stereocenters. The van der Waals surface area contributed by atoms with Crippen LogP contribution < -0.4 is 0 Å². The molecule has 0 radical (unpaired) electrons. The first-order valence-corrected chi connectivity index (χ1v) is 6.44. The Morgan fingerprint density at radius 3 is 2.63 bits per heavy atom. The van der Waals surface area contributed by atoms with Crippen molar-refractivity contribution >= 4 is 0 Å². The van der Waals surface area contributed by atoms with Crippen molar-refractivity contribution in [3.8, 4) is 0 Å². The number of nitrogens with zero attached hydrogens (tertiary/aromatic N) is 1. The molecule has 0 saturated carbocycles. The second-order valence-electron chi connectivity index (χ2n) is 5.02. The van der Waals surface area contributed by atoms with Gasteiger partial charge in [0.25, 0.3) is 0 Å². The molecule has 100 valence electrons. The number of aromatic nitrogens is 1. The lowest BCUT2D eigenvalue weighted by Crippen LogP contribution is -2.05. The monoisotopic (exact) mass is 263 g/mol. The maximum absolute atomic E-state index is 13.6. The van der Waals surface area contributed by atoms with Gasteiger partial charge >= 0.3 is 0 Å². The fraction of sp³-hybridized carbons (Fsp3) is 0.333. The minimum absolute atomic E-state index is 0.0596. The van der Waals surface area contributed by atoms with Gasteiger partial charge in [-0.3, -0.25) is 0 Å². The molecule has 2 aromatic rings. The summed E-state index contributed by atoms with van der Waals surface area (Å²) in [6.45, 7) is 0.151. The Morgan fingerprint density at radius 2 is 1.95 bits per heavy atom. The number of hydrogen-bond donors (Lipinski definition) is 1. The van der Waals surface area contributed by atoms with Crippen molar-refractivity contribution in [3.05, 3.63) is 58.9 Å². The summed E-state index contributed by atoms with van der Waals surface area (Å²) < 4.78 is 28.9. The molecule has 1 aliphatic carbocycles. The topological polar surface area (TPSA) is 25.2 Å². The molecule has 1 aromatic heterocycles. The van der Waals surface area contributed by atoms with E-state index in [1.54, 1.807) is 10.8 Å². The number of rotatable bonds is 2. The van der Waals surface area contributed by atoms with Crippen molar-refractivity contribution < 1.29 is 13.9 Å². The van der Waals surface area contributed by atoms with E-state index in [2.05, 4.69) is 0 Å². The van der Waals surface area contributed by atoms with Crippen LogP contribution in [0.2, 0.25) is 0 Å². The predicted octanol–water partition coefficient (Wildman–Crippen LogP) is 3.18. The van der Waals surface area contributed by atoms with Crippen LogP contribution in [0, 0.1) is 11.6 Å². The SMILES string of the molecule is OC1CCCc2cn(Cc3c(F)cccc3F)cc21. The Hall–Kier alpha value is -1.68. The van der Waals surface area contributed by atoms with Gasteiger partial charge in [-0.1, -0.05) is 6.07 Å². The van der Waals surface area contributed by atoms with E-state index in [9.17, 15) is 13.9 Å². The van der Waals surface area contributed by atoms with E-state index in [0.29, 0.717) is 0 Å². The van der Waals surface area contributed by atoms with Crippen LogP contribution in [0.3, 0.4) is 0 Å². The van der Waals surface area contributed by atoms with Gasteiger partial charge in [-0.25, -0.2) is 8.78 Å². The van der Waals surface area contributed by atoms with Crippen molar-refractivity contribution in [1.29, 1.82) is 0 Å². The van der Waals surface area contributed by atoms with E-state index >= 15 is 0 Å². The lowest BCUT2D eigenvalue weighted by atomic mass is 9.93. The highest BCUT2D eigenvalue weighted by Crippen LogP contribution is 2.30. The number of benzene rings is 1. The highest BCUT2D eigenvalue weighted by atomic mass is 19.1. The van der Waals surface area contributed by atoms with E-state index in [-0.39, 0.29) is 12.1 Å². The zero-order valence-corrected chi connectivity index (χ0v) is 10.4. The Bertz CT molecular complexity index is 586. The first-order valence-electron chi connectivity index (χ1n) is 6.44. The first kappa shape index (κ1) is 12.4. The molecular formula is C15H15F2NO. The second-order valence-corrected chi connectivity index (χ2v) is 5.02. The van der Waals surface area contributed by atoms with Gasteiger partial charge < -0.3 is 9.67 Å². The molecule has 1 atom stereocenters. The fourth-order valence-electron chi connectivity index (χ4n) is 2.68. The van der Waals surface area contributed by atoms with Crippen LogP contribution in [0.25, 0.3) is 0 Å². The summed E-state index contributed by atoms with van der Waals surface area (Å²) in [5, 5.41) is 9.89. The van der Waals surface area contributed by atoms with Gasteiger partial charge in [0.05, 0.1) is 12.6 Å². The molecule has 19 heavy (non-hydrogen) atoms. The molecule has 0 fully saturated rings. The minimum Gasteiger partial charge on any atom is -0.388 e. The maximum atomic E-state index is 13.6. The summed E-state index contributed by atoms with van der Waals surface area (Å²) in [6, 6.07) is 3.88. The third kappa shape index (κ3) is 2.28. The summed E-state index contributed by atoms with van der Waals surface area (Å²) in [7, 11) is 0. The fourth-order valence-corrected chi connectivity index (χ4v) is 2.68. The molecular weight excluding hydrogens is 248 g/mol. The third-order valence-electron chi connectivity index (χ3n) is 3.68. The van der Waals surface area contributed by atoms with Gasteiger partial charge in [0.2, 0.25) is 0 Å². The van der Waals surface area contributed by atoms with Crippen molar-refractivity contribution in [2.24, 2.45) is 0 Å². The van der Waals surface area contributed by atoms with Gasteiger partial charge in [-0.2, -0.15) is 0 Å². The van der Waals surface area contributed by atoms with E-state index in [0.717, 1.165) is 30.4 Å². The highest BCUT2D eigenvalue weighted by molar-refractivity contribution is 5.30. The minimum atomic E-state index is -0.535. The molecule has 1 aromatic carbocycles. The Labute approximate surface area is 110 Å². The number of aryl methyl sites for hydroxylation is 1. The molecule has 0 bridgehead atoms. The molecule has 3 rings (SSSR count). The number of fused-ring (bicyclic) bond motifs is 1. The molecule has 0 amide bonds.